The molecule has 3 aliphatic rings. The van der Waals surface area contributed by atoms with Crippen molar-refractivity contribution < 1.29 is 19.1 Å². The summed E-state index contributed by atoms with van der Waals surface area (Å²) in [6, 6.07) is 24.3. The molecule has 0 radical (unpaired) electrons. The summed E-state index contributed by atoms with van der Waals surface area (Å²) < 4.78 is 12.9. The van der Waals surface area contributed by atoms with Gasteiger partial charge in [0.1, 0.15) is 6.61 Å². The Morgan fingerprint density at radius 3 is 2.07 bits per heavy atom. The molecular formula is C35H34BrNO4. The fourth-order valence-electron chi connectivity index (χ4n) is 6.43. The zero-order valence-corrected chi connectivity index (χ0v) is 24.9. The van der Waals surface area contributed by atoms with Gasteiger partial charge in [-0.2, -0.15) is 0 Å². The van der Waals surface area contributed by atoms with Crippen molar-refractivity contribution in [2.45, 2.75) is 57.5 Å². The van der Waals surface area contributed by atoms with Crippen molar-refractivity contribution in [1.29, 1.82) is 0 Å². The van der Waals surface area contributed by atoms with Gasteiger partial charge in [-0.3, -0.25) is 9.59 Å². The zero-order chi connectivity index (χ0) is 28.3. The molecule has 6 rings (SSSR count). The lowest BCUT2D eigenvalue weighted by atomic mass is 9.71. The molecule has 0 bridgehead atoms. The van der Waals surface area contributed by atoms with Gasteiger partial charge < -0.3 is 14.4 Å². The summed E-state index contributed by atoms with van der Waals surface area (Å²) in [5.74, 6) is 1.17. The van der Waals surface area contributed by atoms with Crippen LogP contribution in [-0.2, 0) is 22.6 Å². The second-order valence-corrected chi connectivity index (χ2v) is 11.8. The van der Waals surface area contributed by atoms with Crippen LogP contribution in [0.2, 0.25) is 0 Å². The molecule has 1 heterocycles. The van der Waals surface area contributed by atoms with Gasteiger partial charge in [0.15, 0.2) is 23.1 Å². The molecule has 0 saturated carbocycles. The standard InChI is InChI=1S/C35H34BrNO4/c1-40-32-21-25(15-18-31(32)41-22-24-13-16-26(36)17-14-24)33-34-27(9-5-11-29(34)38)37(20-19-23-7-3-2-4-8-23)28-10-6-12-30(39)35(28)33/h2-4,7-8,13-18,21,33H,5-6,9-12,19-20,22H2,1H3. The minimum atomic E-state index is -0.372. The fraction of sp³-hybridized carbons (Fsp3) is 0.314. The van der Waals surface area contributed by atoms with Gasteiger partial charge >= 0.3 is 0 Å². The topological polar surface area (TPSA) is 55.8 Å². The zero-order valence-electron chi connectivity index (χ0n) is 23.3. The number of hydrogen-bond acceptors (Lipinski definition) is 5. The van der Waals surface area contributed by atoms with Gasteiger partial charge in [-0.25, -0.2) is 0 Å². The van der Waals surface area contributed by atoms with E-state index in [1.54, 1.807) is 7.11 Å². The minimum absolute atomic E-state index is 0.153. The molecule has 6 heteroatoms. The number of carbonyl (C=O) groups is 2. The number of benzene rings is 3. The first kappa shape index (κ1) is 27.5. The van der Waals surface area contributed by atoms with E-state index in [9.17, 15) is 9.59 Å². The molecule has 41 heavy (non-hydrogen) atoms. The molecule has 0 amide bonds. The van der Waals surface area contributed by atoms with E-state index in [0.29, 0.717) is 30.9 Å². The van der Waals surface area contributed by atoms with Crippen LogP contribution >= 0.6 is 15.9 Å². The number of halogens is 1. The SMILES string of the molecule is COc1cc(C2C3=C(CCCC3=O)N(CCc3ccccc3)C3=C2C(=O)CCC3)ccc1OCc1ccc(Br)cc1. The quantitative estimate of drug-likeness (QED) is 0.261. The van der Waals surface area contributed by atoms with Gasteiger partial charge in [-0.1, -0.05) is 64.5 Å². The number of carbonyl (C=O) groups excluding carboxylic acids is 2. The third-order valence-electron chi connectivity index (χ3n) is 8.38. The van der Waals surface area contributed by atoms with Crippen molar-refractivity contribution >= 4 is 27.5 Å². The largest absolute Gasteiger partial charge is 0.493 e. The van der Waals surface area contributed by atoms with Crippen molar-refractivity contribution in [2.24, 2.45) is 0 Å². The van der Waals surface area contributed by atoms with Crippen LogP contribution in [0.1, 0.15) is 61.1 Å². The van der Waals surface area contributed by atoms with Crippen LogP contribution in [0.4, 0.5) is 0 Å². The maximum atomic E-state index is 13.6. The Morgan fingerprint density at radius 1 is 0.780 bits per heavy atom. The van der Waals surface area contributed by atoms with E-state index in [0.717, 1.165) is 76.8 Å². The lowest BCUT2D eigenvalue weighted by molar-refractivity contribution is -0.117. The average molecular weight is 613 g/mol. The summed E-state index contributed by atoms with van der Waals surface area (Å²) in [5, 5.41) is 0. The third kappa shape index (κ3) is 5.62. The maximum absolute atomic E-state index is 13.6. The van der Waals surface area contributed by atoms with E-state index >= 15 is 0 Å². The highest BCUT2D eigenvalue weighted by molar-refractivity contribution is 9.10. The van der Waals surface area contributed by atoms with Gasteiger partial charge in [0, 0.05) is 52.3 Å². The number of Topliss-reactive ketones (excluding diaryl/α,β-unsaturated/α-hetero) is 2. The number of methoxy groups -OCH3 is 1. The van der Waals surface area contributed by atoms with E-state index in [1.807, 2.05) is 48.5 Å². The molecule has 5 nitrogen and oxygen atoms in total. The lowest BCUT2D eigenvalue weighted by Gasteiger charge is -2.44. The molecule has 210 valence electrons. The smallest absolute Gasteiger partial charge is 0.161 e. The number of hydrogen-bond donors (Lipinski definition) is 0. The van der Waals surface area contributed by atoms with Crippen molar-refractivity contribution in [3.05, 3.63) is 116 Å². The molecule has 1 aliphatic heterocycles. The molecule has 0 aromatic heterocycles. The van der Waals surface area contributed by atoms with Gasteiger partial charge in [0.2, 0.25) is 0 Å². The summed E-state index contributed by atoms with van der Waals surface area (Å²) in [5.41, 5.74) is 7.01. The van der Waals surface area contributed by atoms with E-state index in [2.05, 4.69) is 45.1 Å². The normalized spacial score (nSPS) is 17.5. The first-order valence-corrected chi connectivity index (χ1v) is 15.2. The Bertz CT molecular complexity index is 1480. The molecule has 0 fully saturated rings. The maximum Gasteiger partial charge on any atom is 0.161 e. The Labute approximate surface area is 250 Å². The molecule has 0 unspecified atom stereocenters. The van der Waals surface area contributed by atoms with Crippen molar-refractivity contribution in [3.8, 4) is 11.5 Å². The summed E-state index contributed by atoms with van der Waals surface area (Å²) in [7, 11) is 1.63. The average Bonchev–Trinajstić information content (AvgIpc) is 3.00. The lowest BCUT2D eigenvalue weighted by Crippen LogP contribution is -2.39. The second kappa shape index (κ2) is 12.1. The molecule has 2 aliphatic carbocycles. The summed E-state index contributed by atoms with van der Waals surface area (Å²) in [4.78, 5) is 29.6. The highest BCUT2D eigenvalue weighted by Gasteiger charge is 2.43. The van der Waals surface area contributed by atoms with Gasteiger partial charge in [-0.15, -0.1) is 0 Å². The van der Waals surface area contributed by atoms with Gasteiger partial charge in [-0.05, 0) is 73.1 Å². The van der Waals surface area contributed by atoms with Crippen LogP contribution in [0.25, 0.3) is 0 Å². The Morgan fingerprint density at radius 2 is 1.44 bits per heavy atom. The Hall–Kier alpha value is -3.64. The van der Waals surface area contributed by atoms with Crippen LogP contribution in [0.3, 0.4) is 0 Å². The highest BCUT2D eigenvalue weighted by Crippen LogP contribution is 2.50. The van der Waals surface area contributed by atoms with E-state index in [-0.39, 0.29) is 17.5 Å². The van der Waals surface area contributed by atoms with Crippen molar-refractivity contribution in [1.82, 2.24) is 4.90 Å². The van der Waals surface area contributed by atoms with Crippen LogP contribution in [0.5, 0.6) is 11.5 Å². The molecule has 0 N–H and O–H groups in total. The molecule has 0 saturated heterocycles. The molecule has 3 aromatic rings. The van der Waals surface area contributed by atoms with Crippen LogP contribution in [-0.4, -0.2) is 30.1 Å². The first-order valence-electron chi connectivity index (χ1n) is 14.4. The van der Waals surface area contributed by atoms with E-state index < -0.39 is 0 Å². The molecular weight excluding hydrogens is 578 g/mol. The van der Waals surface area contributed by atoms with Gasteiger partial charge in [0.05, 0.1) is 7.11 Å². The predicted molar refractivity (Wildman–Crippen MR) is 163 cm³/mol. The summed E-state index contributed by atoms with van der Waals surface area (Å²) in [6.45, 7) is 1.17. The molecule has 0 spiro atoms. The number of ketones is 2. The van der Waals surface area contributed by atoms with Crippen LogP contribution in [0, 0.1) is 0 Å². The predicted octanol–water partition coefficient (Wildman–Crippen LogP) is 7.69. The van der Waals surface area contributed by atoms with Crippen molar-refractivity contribution in [3.63, 3.8) is 0 Å². The highest BCUT2D eigenvalue weighted by atomic mass is 79.9. The summed E-state index contributed by atoms with van der Waals surface area (Å²) >= 11 is 3.47. The minimum Gasteiger partial charge on any atom is -0.493 e. The third-order valence-corrected chi connectivity index (χ3v) is 8.91. The van der Waals surface area contributed by atoms with Crippen LogP contribution in [0.15, 0.2) is 99.8 Å². The second-order valence-electron chi connectivity index (χ2n) is 10.9. The monoisotopic (exact) mass is 611 g/mol. The van der Waals surface area contributed by atoms with E-state index in [1.165, 1.54) is 5.56 Å². The number of ether oxygens (including phenoxy) is 2. The summed E-state index contributed by atoms with van der Waals surface area (Å²) in [6.07, 6.45) is 5.28. The fourth-order valence-corrected chi connectivity index (χ4v) is 6.69. The number of allylic oxidation sites excluding steroid dienone is 4. The van der Waals surface area contributed by atoms with E-state index in [4.69, 9.17) is 9.47 Å². The van der Waals surface area contributed by atoms with Crippen LogP contribution < -0.4 is 9.47 Å². The Kier molecular flexibility index (Phi) is 8.11. The number of nitrogens with zero attached hydrogens (tertiary/aromatic N) is 1. The molecule has 0 atom stereocenters. The Balaban J connectivity index is 1.37. The number of rotatable bonds is 8. The van der Waals surface area contributed by atoms with Gasteiger partial charge in [0.25, 0.3) is 0 Å². The van der Waals surface area contributed by atoms with Crippen molar-refractivity contribution in [2.75, 3.05) is 13.7 Å². The first-order chi connectivity index (χ1) is 20.0. The molecule has 3 aromatic carbocycles.